The van der Waals surface area contributed by atoms with Gasteiger partial charge in [0.25, 0.3) is 0 Å². The lowest BCUT2D eigenvalue weighted by Crippen LogP contribution is -2.68. The van der Waals surface area contributed by atoms with Gasteiger partial charge in [0.2, 0.25) is 12.0 Å². The number of carbonyl (C=O) groups is 1. The largest absolute Gasteiger partial charge is 0.497 e. The molecule has 5 aliphatic heterocycles. The maximum atomic E-state index is 18.0. The number of amides is 1. The minimum Gasteiger partial charge on any atom is -0.497 e. The van der Waals surface area contributed by atoms with Crippen molar-refractivity contribution in [2.75, 3.05) is 50.3 Å². The number of hydrogen-bond acceptors (Lipinski definition) is 13. The molecule has 5 aromatic rings. The summed E-state index contributed by atoms with van der Waals surface area (Å²) in [5.41, 5.74) is -1.45. The predicted molar refractivity (Wildman–Crippen MR) is 259 cm³/mol. The molecule has 2 aromatic carbocycles. The Morgan fingerprint density at radius 2 is 1.58 bits per heavy atom. The zero-order valence-corrected chi connectivity index (χ0v) is 42.1. The summed E-state index contributed by atoms with van der Waals surface area (Å²) < 4.78 is 127. The first-order valence-corrected chi connectivity index (χ1v) is 24.6. The van der Waals surface area contributed by atoms with Gasteiger partial charge in [0.15, 0.2) is 17.5 Å². The van der Waals surface area contributed by atoms with Gasteiger partial charge < -0.3 is 33.5 Å². The van der Waals surface area contributed by atoms with Crippen LogP contribution < -0.4 is 28.7 Å². The molecule has 2 bridgehead atoms. The van der Waals surface area contributed by atoms with Crippen LogP contribution in [0.3, 0.4) is 0 Å². The van der Waals surface area contributed by atoms with Crippen molar-refractivity contribution in [3.05, 3.63) is 80.6 Å². The summed E-state index contributed by atoms with van der Waals surface area (Å²) >= 11 is 1.83. The Labute approximate surface area is 420 Å². The van der Waals surface area contributed by atoms with Crippen LogP contribution in [-0.2, 0) is 17.8 Å². The predicted octanol–water partition coefficient (Wildman–Crippen LogP) is 9.74. The fourth-order valence-corrected chi connectivity index (χ4v) is 11.7. The maximum Gasteiger partial charge on any atom is 0.427 e. The van der Waals surface area contributed by atoms with Gasteiger partial charge in [-0.25, -0.2) is 27.9 Å². The number of ether oxygens (including phenoxy) is 5. The Hall–Kier alpha value is -5.58. The molecule has 14 nitrogen and oxygen atoms in total. The van der Waals surface area contributed by atoms with Crippen LogP contribution in [0, 0.1) is 22.1 Å². The fraction of sp³-hybridized carbons (Fsp3) is 0.500. The van der Waals surface area contributed by atoms with Crippen molar-refractivity contribution in [1.82, 2.24) is 29.7 Å². The number of pyridine rings is 2. The molecule has 0 aliphatic carbocycles. The van der Waals surface area contributed by atoms with Crippen molar-refractivity contribution in [2.24, 2.45) is 0 Å². The highest BCUT2D eigenvalue weighted by Gasteiger charge is 2.61. The van der Waals surface area contributed by atoms with Gasteiger partial charge in [0, 0.05) is 36.2 Å². The highest BCUT2D eigenvalue weighted by atomic mass is 127. The van der Waals surface area contributed by atoms with Gasteiger partial charge in [0.05, 0.1) is 49.1 Å². The van der Waals surface area contributed by atoms with Crippen molar-refractivity contribution in [3.8, 4) is 34.6 Å². The molecule has 4 saturated heterocycles. The third kappa shape index (κ3) is 9.06. The molecule has 10 rings (SSSR count). The van der Waals surface area contributed by atoms with Gasteiger partial charge in [-0.2, -0.15) is 23.1 Å². The number of fused-ring (bicyclic) bond motifs is 6. The van der Waals surface area contributed by atoms with Gasteiger partial charge in [-0.1, -0.05) is 24.3 Å². The van der Waals surface area contributed by atoms with E-state index < -0.39 is 82.5 Å². The van der Waals surface area contributed by atoms with Crippen molar-refractivity contribution in [2.45, 2.75) is 121 Å². The van der Waals surface area contributed by atoms with Gasteiger partial charge >= 0.3 is 18.3 Å². The molecule has 21 heteroatoms. The Morgan fingerprint density at radius 3 is 2.20 bits per heavy atom. The van der Waals surface area contributed by atoms with E-state index in [1.54, 1.807) is 71.1 Å². The number of hydrogen-bond donors (Lipinski definition) is 0. The quantitative estimate of drug-likeness (QED) is 0.0921. The molecule has 0 radical (unpaired) electrons. The van der Waals surface area contributed by atoms with E-state index in [0.29, 0.717) is 30.9 Å². The summed E-state index contributed by atoms with van der Waals surface area (Å²) in [6, 6.07) is 10.6. The van der Waals surface area contributed by atoms with Gasteiger partial charge in [0.1, 0.15) is 52.3 Å². The van der Waals surface area contributed by atoms with Crippen molar-refractivity contribution in [1.29, 1.82) is 0 Å². The molecule has 0 saturated carbocycles. The lowest BCUT2D eigenvalue weighted by molar-refractivity contribution is -0.206. The first-order chi connectivity index (χ1) is 33.8. The molecule has 71 heavy (non-hydrogen) atoms. The summed E-state index contributed by atoms with van der Waals surface area (Å²) in [6.07, 6.45) is -7.51. The first-order valence-electron chi connectivity index (χ1n) is 23.6. The van der Waals surface area contributed by atoms with Crippen LogP contribution in [0.1, 0.15) is 69.7 Å². The first kappa shape index (κ1) is 49.0. The maximum absolute atomic E-state index is 18.0. The molecule has 0 N–H and O–H groups in total. The van der Waals surface area contributed by atoms with Gasteiger partial charge in [-0.3, -0.25) is 9.80 Å². The van der Waals surface area contributed by atoms with E-state index in [1.165, 1.54) is 9.80 Å². The standard InChI is InChI=1S/C50H53F6IN8O6/c1-26-38(57)34(36(52)44(58-26)62(21-27-8-13-31(67-5)14-9-27)22-28-10-15-32(68-6)16-11-28)39-37(53)40-35-43(61-46(60-40)69-25-49-18-7-19-63(49)23-29(51)20-49)64-24-30-12-17-33(65(30)47(66)71-48(2,3)4)41(64)42(50(54,55)56)70-45(35)59-39/h8-11,13-16,29-30,33,41-42H,7,12,17-25H2,1-6H3/t29-,30-,33+,41+,42-,49+/m1/s1. The summed E-state index contributed by atoms with van der Waals surface area (Å²) in [7, 11) is 3.08. The minimum absolute atomic E-state index is 0.0782. The number of piperazine rings is 1. The van der Waals surface area contributed by atoms with E-state index in [4.69, 9.17) is 33.7 Å². The van der Waals surface area contributed by atoms with E-state index in [0.717, 1.165) is 17.5 Å². The average Bonchev–Trinajstić information content (AvgIpc) is 3.93. The number of carbonyl (C=O) groups excluding carboxylic acids is 1. The molecule has 1 amide bonds. The lowest BCUT2D eigenvalue weighted by Gasteiger charge is -2.48. The number of nitrogens with zero attached hydrogens (tertiary/aromatic N) is 8. The third-order valence-electron chi connectivity index (χ3n) is 14.2. The number of alkyl halides is 4. The van der Waals surface area contributed by atoms with Crippen molar-refractivity contribution in [3.63, 3.8) is 0 Å². The Bertz CT molecular complexity index is 2810. The molecule has 0 unspecified atom stereocenters. The Kier molecular flexibility index (Phi) is 12.8. The molecule has 0 spiro atoms. The second kappa shape index (κ2) is 18.5. The number of rotatable bonds is 11. The number of anilines is 2. The monoisotopic (exact) mass is 1100 g/mol. The van der Waals surface area contributed by atoms with Crippen LogP contribution in [0.25, 0.3) is 22.2 Å². The molecular formula is C50H53F6IN8O6. The topological polar surface area (TPSA) is 128 Å². The van der Waals surface area contributed by atoms with Gasteiger partial charge in [-0.15, -0.1) is 0 Å². The van der Waals surface area contributed by atoms with Crippen LogP contribution in [-0.4, -0.2) is 124 Å². The smallest absolute Gasteiger partial charge is 0.427 e. The summed E-state index contributed by atoms with van der Waals surface area (Å²) in [5, 5.41) is -0.284. The molecular weight excluding hydrogens is 1050 g/mol. The lowest BCUT2D eigenvalue weighted by atomic mass is 9.95. The van der Waals surface area contributed by atoms with Crippen molar-refractivity contribution < 1.29 is 54.8 Å². The van der Waals surface area contributed by atoms with E-state index >= 15 is 22.0 Å². The van der Waals surface area contributed by atoms with Crippen LogP contribution in [0.2, 0.25) is 0 Å². The zero-order valence-electron chi connectivity index (χ0n) is 40.0. The van der Waals surface area contributed by atoms with E-state index in [-0.39, 0.29) is 83.5 Å². The van der Waals surface area contributed by atoms with Crippen LogP contribution in [0.4, 0.5) is 42.8 Å². The van der Waals surface area contributed by atoms with Crippen molar-refractivity contribution >= 4 is 51.2 Å². The number of halogens is 7. The molecule has 6 atom stereocenters. The van der Waals surface area contributed by atoms with E-state index in [2.05, 4.69) is 9.97 Å². The summed E-state index contributed by atoms with van der Waals surface area (Å²) in [4.78, 5) is 38.7. The second-order valence-electron chi connectivity index (χ2n) is 20.0. The molecule has 4 fully saturated rings. The zero-order chi connectivity index (χ0) is 50.3. The Morgan fingerprint density at radius 1 is 0.915 bits per heavy atom. The Balaban J connectivity index is 1.14. The highest BCUT2D eigenvalue weighted by molar-refractivity contribution is 14.1. The van der Waals surface area contributed by atoms with E-state index in [1.807, 2.05) is 51.8 Å². The average molecular weight is 1100 g/mol. The van der Waals surface area contributed by atoms with E-state index in [9.17, 15) is 9.18 Å². The summed E-state index contributed by atoms with van der Waals surface area (Å²) in [6.45, 7) is 7.50. The normalized spacial score (nSPS) is 23.8. The molecule has 378 valence electrons. The summed E-state index contributed by atoms with van der Waals surface area (Å²) in [5.74, 6) is -1.99. The molecule has 3 aromatic heterocycles. The SMILES string of the molecule is COc1ccc(CN(Cc2ccc(OC)cc2)c2nc(C)c(I)c(-c3nc4c5c(nc(OC[C@@]67CCCN6C[C@H](F)C7)nc5c3F)N3C[C@H]5CC[C@@H]([C@H]3[C@H](C(F)(F)F)O4)N5C(=O)OC(C)(C)C)c2F)cc1. The number of benzene rings is 2. The third-order valence-corrected chi connectivity index (χ3v) is 15.5. The van der Waals surface area contributed by atoms with Crippen LogP contribution in [0.5, 0.6) is 23.4 Å². The number of aryl methyl sites for hydroxylation is 1. The van der Waals surface area contributed by atoms with Crippen LogP contribution in [0.15, 0.2) is 48.5 Å². The van der Waals surface area contributed by atoms with Gasteiger partial charge in [-0.05, 0) is 118 Å². The number of aromatic nitrogens is 4. The van der Waals surface area contributed by atoms with Crippen LogP contribution >= 0.6 is 22.6 Å². The fourth-order valence-electron chi connectivity index (χ4n) is 11.1. The molecule has 5 aliphatic rings. The second-order valence-corrected chi connectivity index (χ2v) is 21.1. The number of methoxy groups -OCH3 is 2. The minimum atomic E-state index is -5.09. The molecule has 8 heterocycles. The highest BCUT2D eigenvalue weighted by Crippen LogP contribution is 2.50.